The molecule has 1 heterocycles. The molecule has 1 N–H and O–H groups in total. The quantitative estimate of drug-likeness (QED) is 0.697. The smallest absolute Gasteiger partial charge is 0.445 e. The van der Waals surface area contributed by atoms with Gasteiger partial charge in [0.25, 0.3) is 0 Å². The summed E-state index contributed by atoms with van der Waals surface area (Å²) in [6.45, 7) is 8.32. The zero-order valence-corrected chi connectivity index (χ0v) is 19.4. The van der Waals surface area contributed by atoms with Crippen LogP contribution in [0.15, 0.2) is 24.3 Å². The molecule has 3 aliphatic rings. The maximum atomic E-state index is 11.7. The SMILES string of the molecule is CC1(C)OB(c2ccc(COC(=O)N[C]3[CH][CH][CH][CH]3)cc2)OC1(C)C.[CH]1[CH][CH][CH][CH]1.[Fe+2]. The van der Waals surface area contributed by atoms with Gasteiger partial charge in [-0.05, 0) is 96.5 Å². The molecule has 0 aromatic heterocycles. The van der Waals surface area contributed by atoms with E-state index in [9.17, 15) is 4.79 Å². The topological polar surface area (TPSA) is 56.8 Å². The van der Waals surface area contributed by atoms with Crippen LogP contribution in [0.3, 0.4) is 0 Å². The monoisotopic (exact) mass is 461 g/mol. The van der Waals surface area contributed by atoms with Crippen LogP contribution in [-0.4, -0.2) is 24.4 Å². The van der Waals surface area contributed by atoms with Crippen molar-refractivity contribution in [3.8, 4) is 0 Å². The van der Waals surface area contributed by atoms with Crippen LogP contribution in [0.2, 0.25) is 0 Å². The Labute approximate surface area is 199 Å². The van der Waals surface area contributed by atoms with Gasteiger partial charge in [0.1, 0.15) is 6.61 Å². The summed E-state index contributed by atoms with van der Waals surface area (Å²) < 4.78 is 17.3. The van der Waals surface area contributed by atoms with Gasteiger partial charge in [-0.3, -0.25) is 0 Å². The van der Waals surface area contributed by atoms with Crippen LogP contribution in [0.1, 0.15) is 33.3 Å². The van der Waals surface area contributed by atoms with Gasteiger partial charge in [-0.25, -0.2) is 4.79 Å². The maximum Gasteiger partial charge on any atom is 2.00 e. The largest absolute Gasteiger partial charge is 2.00 e. The molecule has 2 aliphatic carbocycles. The Kier molecular flexibility index (Phi) is 9.94. The van der Waals surface area contributed by atoms with Gasteiger partial charge in [0, 0.05) is 0 Å². The maximum absolute atomic E-state index is 11.7. The van der Waals surface area contributed by atoms with Crippen LogP contribution in [0.5, 0.6) is 0 Å². The van der Waals surface area contributed by atoms with Crippen molar-refractivity contribution >= 4 is 18.7 Å². The fourth-order valence-corrected chi connectivity index (χ4v) is 2.83. The second-order valence-electron chi connectivity index (χ2n) is 8.17. The van der Waals surface area contributed by atoms with E-state index in [1.165, 1.54) is 0 Å². The van der Waals surface area contributed by atoms with E-state index in [0.29, 0.717) is 0 Å². The molecule has 2 saturated carbocycles. The van der Waals surface area contributed by atoms with Crippen LogP contribution in [0.4, 0.5) is 4.79 Å². The molecule has 0 bridgehead atoms. The molecule has 162 valence electrons. The third-order valence-corrected chi connectivity index (χ3v) is 5.34. The van der Waals surface area contributed by atoms with E-state index in [-0.39, 0.29) is 42.0 Å². The molecule has 1 aromatic rings. The van der Waals surface area contributed by atoms with Gasteiger partial charge in [-0.2, -0.15) is 0 Å². The van der Waals surface area contributed by atoms with Gasteiger partial charge in [0.2, 0.25) is 0 Å². The minimum absolute atomic E-state index is 0. The molecule has 4 rings (SSSR count). The molecular formula is C24H28BFeNO4+2. The second-order valence-corrected chi connectivity index (χ2v) is 8.17. The fourth-order valence-electron chi connectivity index (χ4n) is 2.83. The van der Waals surface area contributed by atoms with Gasteiger partial charge < -0.3 is 19.4 Å². The van der Waals surface area contributed by atoms with Crippen molar-refractivity contribution in [3.05, 3.63) is 93.7 Å². The Morgan fingerprint density at radius 1 is 0.871 bits per heavy atom. The van der Waals surface area contributed by atoms with E-state index in [4.69, 9.17) is 14.0 Å². The summed E-state index contributed by atoms with van der Waals surface area (Å²) in [5.74, 6) is 0. The van der Waals surface area contributed by atoms with E-state index in [1.807, 2.05) is 96.9 Å². The summed E-state index contributed by atoms with van der Waals surface area (Å²) in [6, 6.07) is 8.43. The van der Waals surface area contributed by atoms with E-state index >= 15 is 0 Å². The molecule has 10 radical (unpaired) electrons. The Balaban J connectivity index is 0.000000501. The molecule has 3 fully saturated rings. The minimum atomic E-state index is -0.471. The number of benzene rings is 1. The van der Waals surface area contributed by atoms with Crippen LogP contribution in [0.25, 0.3) is 0 Å². The van der Waals surface area contributed by atoms with Crippen molar-refractivity contribution in [2.75, 3.05) is 0 Å². The first-order valence-corrected chi connectivity index (χ1v) is 10.0. The standard InChI is InChI=1S/C19H23BNO4.C5H5.Fe/c1-18(2)19(3,4)25-20(24-18)15-11-9-14(10-12-15)13-23-17(22)21-16-7-5-6-8-16;1-2-4-5-3-1;/h5-12H,13H2,1-4H3,(H,21,22);1-5H;/q;;+2. The predicted octanol–water partition coefficient (Wildman–Crippen LogP) is 3.59. The predicted molar refractivity (Wildman–Crippen MR) is 117 cm³/mol. The summed E-state index contributed by atoms with van der Waals surface area (Å²) in [7, 11) is -0.388. The molecule has 1 amide bonds. The summed E-state index contributed by atoms with van der Waals surface area (Å²) in [5.41, 5.74) is 1.12. The fraction of sp³-hybridized carbons (Fsp3) is 0.292. The van der Waals surface area contributed by atoms with Gasteiger partial charge >= 0.3 is 30.3 Å². The zero-order chi connectivity index (χ0) is 21.6. The first-order chi connectivity index (χ1) is 14.3. The summed E-state index contributed by atoms with van der Waals surface area (Å²) in [6.07, 6.45) is 16.8. The number of amides is 1. The van der Waals surface area contributed by atoms with Gasteiger partial charge in [0.05, 0.1) is 17.2 Å². The normalized spacial score (nSPS) is 21.7. The average Bonchev–Trinajstić information content (AvgIpc) is 3.45. The van der Waals surface area contributed by atoms with Crippen LogP contribution >= 0.6 is 0 Å². The van der Waals surface area contributed by atoms with Gasteiger partial charge in [-0.15, -0.1) is 0 Å². The minimum Gasteiger partial charge on any atom is -0.445 e. The number of carbonyl (C=O) groups excluding carboxylic acids is 1. The number of hydrogen-bond acceptors (Lipinski definition) is 4. The molecule has 1 aliphatic heterocycles. The Morgan fingerprint density at radius 2 is 1.35 bits per heavy atom. The van der Waals surface area contributed by atoms with Crippen LogP contribution in [-0.2, 0) is 37.7 Å². The first kappa shape index (κ1) is 26.2. The van der Waals surface area contributed by atoms with Crippen molar-refractivity contribution in [1.82, 2.24) is 5.32 Å². The molecule has 0 atom stereocenters. The molecule has 5 nitrogen and oxygen atoms in total. The zero-order valence-electron chi connectivity index (χ0n) is 18.3. The number of alkyl carbamates (subject to hydrolysis) is 1. The Morgan fingerprint density at radius 3 is 1.84 bits per heavy atom. The van der Waals surface area contributed by atoms with E-state index in [0.717, 1.165) is 17.1 Å². The van der Waals surface area contributed by atoms with E-state index in [1.54, 1.807) is 12.8 Å². The first-order valence-electron chi connectivity index (χ1n) is 10.0. The van der Waals surface area contributed by atoms with Crippen molar-refractivity contribution in [2.24, 2.45) is 0 Å². The summed E-state index contributed by atoms with van der Waals surface area (Å²) in [5, 5.41) is 2.67. The van der Waals surface area contributed by atoms with Gasteiger partial charge in [0.15, 0.2) is 0 Å². The number of ether oxygens (including phenoxy) is 1. The van der Waals surface area contributed by atoms with Crippen molar-refractivity contribution in [3.63, 3.8) is 0 Å². The third-order valence-electron chi connectivity index (χ3n) is 5.34. The third kappa shape index (κ3) is 7.52. The second kappa shape index (κ2) is 11.7. The molecule has 31 heavy (non-hydrogen) atoms. The van der Waals surface area contributed by atoms with Crippen molar-refractivity contribution in [2.45, 2.75) is 45.5 Å². The van der Waals surface area contributed by atoms with Crippen molar-refractivity contribution < 1.29 is 35.9 Å². The van der Waals surface area contributed by atoms with Crippen molar-refractivity contribution in [1.29, 1.82) is 0 Å². The molecule has 0 unspecified atom stereocenters. The Bertz CT molecular complexity index is 662. The average molecular weight is 461 g/mol. The molecule has 0 spiro atoms. The van der Waals surface area contributed by atoms with Crippen LogP contribution in [0, 0.1) is 63.8 Å². The number of nitrogens with one attached hydrogen (secondary N) is 1. The molecule has 7 heteroatoms. The van der Waals surface area contributed by atoms with E-state index in [2.05, 4.69) is 5.32 Å². The molecule has 1 saturated heterocycles. The number of carbonyl (C=O) groups is 1. The summed E-state index contributed by atoms with van der Waals surface area (Å²) in [4.78, 5) is 11.7. The summed E-state index contributed by atoms with van der Waals surface area (Å²) >= 11 is 0. The number of hydrogen-bond donors (Lipinski definition) is 1. The van der Waals surface area contributed by atoms with Gasteiger partial charge in [-0.1, -0.05) is 24.3 Å². The van der Waals surface area contributed by atoms with E-state index < -0.39 is 6.09 Å². The molecular weight excluding hydrogens is 433 g/mol. The Hall–Kier alpha value is -1.01. The number of rotatable bonds is 4. The molecule has 1 aromatic carbocycles. The van der Waals surface area contributed by atoms with Crippen LogP contribution < -0.4 is 10.8 Å².